The molecule has 1 aliphatic rings. The number of nitrogens with two attached hydrogens (primary N) is 1. The van der Waals surface area contributed by atoms with Gasteiger partial charge in [-0.3, -0.25) is 5.41 Å². The molecule has 0 fully saturated rings. The van der Waals surface area contributed by atoms with E-state index in [1.807, 2.05) is 25.1 Å². The molecule has 0 aliphatic carbocycles. The monoisotopic (exact) mass is 281 g/mol. The number of nitrogens with one attached hydrogen (secondary N) is 1. The van der Waals surface area contributed by atoms with Gasteiger partial charge in [0.2, 0.25) is 0 Å². The number of benzene rings is 1. The van der Waals surface area contributed by atoms with Crippen LogP contribution in [-0.4, -0.2) is 12.5 Å². The van der Waals surface area contributed by atoms with E-state index in [1.165, 1.54) is 4.90 Å². The van der Waals surface area contributed by atoms with Crippen LogP contribution >= 0.6 is 22.5 Å². The molecule has 2 rings (SSSR count). The summed E-state index contributed by atoms with van der Waals surface area (Å²) in [6.07, 6.45) is 1.94. The Labute approximate surface area is 115 Å². The third-order valence-corrected chi connectivity index (χ3v) is 5.03. The zero-order chi connectivity index (χ0) is 13.1. The van der Waals surface area contributed by atoms with Gasteiger partial charge in [-0.15, -0.1) is 0 Å². The minimum absolute atomic E-state index is 0.0691. The molecule has 0 amide bonds. The number of allylic oxidation sites excluding steroid dienone is 2. The van der Waals surface area contributed by atoms with Crippen LogP contribution in [0, 0.1) is 5.41 Å². The molecule has 0 spiro atoms. The van der Waals surface area contributed by atoms with Crippen LogP contribution in [0.4, 0.5) is 5.69 Å². The van der Waals surface area contributed by atoms with Gasteiger partial charge in [-0.2, -0.15) is 10.9 Å². The van der Waals surface area contributed by atoms with Gasteiger partial charge in [-0.05, 0) is 53.0 Å². The quantitative estimate of drug-likeness (QED) is 0.452. The molecule has 0 aromatic heterocycles. The molecule has 1 aromatic rings. The van der Waals surface area contributed by atoms with Crippen LogP contribution in [0.5, 0.6) is 0 Å². The number of nitrogens with zero attached hydrogens (tertiary/aromatic N) is 1. The number of thiol groups is 1. The van der Waals surface area contributed by atoms with Gasteiger partial charge in [0.05, 0.1) is 0 Å². The minimum atomic E-state index is -0.409. The molecule has 1 heterocycles. The zero-order valence-corrected chi connectivity index (χ0v) is 11.7. The zero-order valence-electron chi connectivity index (χ0n) is 10.1. The highest BCUT2D eigenvalue weighted by Gasteiger charge is 2.10. The molecular weight excluding hydrogens is 266 g/mol. The predicted octanol–water partition coefficient (Wildman–Crippen LogP) is 3.37. The Bertz CT molecular complexity index is 507. The maximum Gasteiger partial charge on any atom is 0.192 e. The van der Waals surface area contributed by atoms with Gasteiger partial charge in [-0.25, -0.2) is 0 Å². The van der Waals surface area contributed by atoms with E-state index in [0.29, 0.717) is 6.54 Å². The normalized spacial score (nSPS) is 19.7. The van der Waals surface area contributed by atoms with Crippen LogP contribution < -0.4 is 10.6 Å². The van der Waals surface area contributed by atoms with E-state index in [4.69, 9.17) is 22.7 Å². The minimum Gasteiger partial charge on any atom is -0.370 e. The fourth-order valence-corrected chi connectivity index (χ4v) is 3.87. The third kappa shape index (κ3) is 2.71. The summed E-state index contributed by atoms with van der Waals surface area (Å²) in [6.45, 7) is 2.66. The third-order valence-electron chi connectivity index (χ3n) is 2.72. The van der Waals surface area contributed by atoms with Gasteiger partial charge in [0.15, 0.2) is 5.96 Å². The summed E-state index contributed by atoms with van der Waals surface area (Å²) in [7, 11) is -0.409. The highest BCUT2D eigenvalue weighted by atomic mass is 35.5. The van der Waals surface area contributed by atoms with Crippen LogP contribution in [0.3, 0.4) is 0 Å². The summed E-state index contributed by atoms with van der Waals surface area (Å²) >= 11 is 5.94. The van der Waals surface area contributed by atoms with Gasteiger partial charge >= 0.3 is 0 Å². The number of halogens is 1. The average molecular weight is 282 g/mol. The molecule has 96 valence electrons. The lowest BCUT2D eigenvalue weighted by atomic mass is 10.3. The summed E-state index contributed by atoms with van der Waals surface area (Å²) in [6, 6.07) is 8.14. The first kappa shape index (κ1) is 13.1. The smallest absolute Gasteiger partial charge is 0.192 e. The largest absolute Gasteiger partial charge is 0.370 e. The van der Waals surface area contributed by atoms with Crippen molar-refractivity contribution < 1.29 is 0 Å². The molecule has 0 bridgehead atoms. The molecule has 1 aliphatic heterocycles. The number of guanidine groups is 1. The van der Waals surface area contributed by atoms with Gasteiger partial charge in [-0.1, -0.05) is 11.6 Å². The Morgan fingerprint density at radius 3 is 2.50 bits per heavy atom. The number of hydrogen-bond donors (Lipinski definition) is 3. The number of hydrogen-bond acceptors (Lipinski definition) is 1. The lowest BCUT2D eigenvalue weighted by molar-refractivity contribution is 1.03. The average Bonchev–Trinajstić information content (AvgIpc) is 2.77. The van der Waals surface area contributed by atoms with E-state index in [-0.39, 0.29) is 5.96 Å². The SMILES string of the molecule is CCN(C(=N)N)c1ccc([SH]2C=CC(Cl)=C2)cc1. The standard InChI is InChI=1S/C13H16ClN3S/c1-2-17(13(15)16)11-3-5-12(6-4-11)18-8-7-10(14)9-18/h3-9,18H,2H2,1H3,(H3,15,16). The van der Waals surface area contributed by atoms with Crippen molar-refractivity contribution in [2.24, 2.45) is 5.73 Å². The lowest BCUT2D eigenvalue weighted by Gasteiger charge is -2.21. The van der Waals surface area contributed by atoms with Crippen molar-refractivity contribution >= 4 is 34.1 Å². The molecule has 1 aromatic carbocycles. The van der Waals surface area contributed by atoms with Crippen molar-refractivity contribution in [2.45, 2.75) is 11.8 Å². The second-order valence-electron chi connectivity index (χ2n) is 3.88. The molecule has 3 nitrogen and oxygen atoms in total. The van der Waals surface area contributed by atoms with Crippen molar-refractivity contribution in [3.63, 3.8) is 0 Å². The van der Waals surface area contributed by atoms with E-state index < -0.39 is 10.9 Å². The van der Waals surface area contributed by atoms with E-state index in [2.05, 4.69) is 22.9 Å². The molecule has 1 atom stereocenters. The highest BCUT2D eigenvalue weighted by Crippen LogP contribution is 2.45. The van der Waals surface area contributed by atoms with Crippen LogP contribution in [0.1, 0.15) is 6.92 Å². The molecule has 1 unspecified atom stereocenters. The summed E-state index contributed by atoms with van der Waals surface area (Å²) in [5.74, 6) is 0.0691. The van der Waals surface area contributed by atoms with Crippen molar-refractivity contribution in [3.05, 3.63) is 46.2 Å². The predicted molar refractivity (Wildman–Crippen MR) is 81.7 cm³/mol. The first-order chi connectivity index (χ1) is 8.61. The van der Waals surface area contributed by atoms with Gasteiger partial charge in [0.1, 0.15) is 0 Å². The second-order valence-corrected chi connectivity index (χ2v) is 6.21. The molecular formula is C13H16ClN3S. The van der Waals surface area contributed by atoms with Crippen LogP contribution in [0.25, 0.3) is 0 Å². The van der Waals surface area contributed by atoms with Crippen LogP contribution in [-0.2, 0) is 0 Å². The fourth-order valence-electron chi connectivity index (χ4n) is 1.83. The number of rotatable bonds is 3. The van der Waals surface area contributed by atoms with Crippen molar-refractivity contribution in [2.75, 3.05) is 11.4 Å². The molecule has 0 saturated heterocycles. The van der Waals surface area contributed by atoms with E-state index in [0.717, 1.165) is 10.7 Å². The number of anilines is 1. The Kier molecular flexibility index (Phi) is 3.99. The Morgan fingerprint density at radius 1 is 1.39 bits per heavy atom. The Balaban J connectivity index is 2.20. The topological polar surface area (TPSA) is 53.1 Å². The van der Waals surface area contributed by atoms with E-state index in [1.54, 1.807) is 4.90 Å². The second kappa shape index (κ2) is 5.50. The lowest BCUT2D eigenvalue weighted by Crippen LogP contribution is -2.36. The van der Waals surface area contributed by atoms with E-state index >= 15 is 0 Å². The van der Waals surface area contributed by atoms with Crippen LogP contribution in [0.2, 0.25) is 0 Å². The summed E-state index contributed by atoms with van der Waals surface area (Å²) < 4.78 is 0. The summed E-state index contributed by atoms with van der Waals surface area (Å²) in [5.41, 5.74) is 6.48. The van der Waals surface area contributed by atoms with Crippen molar-refractivity contribution in [3.8, 4) is 0 Å². The molecule has 18 heavy (non-hydrogen) atoms. The van der Waals surface area contributed by atoms with Gasteiger partial charge in [0, 0.05) is 17.3 Å². The summed E-state index contributed by atoms with van der Waals surface area (Å²) in [4.78, 5) is 3.00. The maximum absolute atomic E-state index is 7.51. The Hall–Kier alpha value is -1.39. The van der Waals surface area contributed by atoms with E-state index in [9.17, 15) is 0 Å². The highest BCUT2D eigenvalue weighted by molar-refractivity contribution is 8.22. The fraction of sp³-hybridized carbons (Fsp3) is 0.154. The molecule has 5 heteroatoms. The molecule has 3 N–H and O–H groups in total. The molecule has 0 saturated carbocycles. The van der Waals surface area contributed by atoms with Gasteiger partial charge in [0.25, 0.3) is 0 Å². The first-order valence-corrected chi connectivity index (χ1v) is 7.53. The molecule has 0 radical (unpaired) electrons. The van der Waals surface area contributed by atoms with Crippen molar-refractivity contribution in [1.29, 1.82) is 5.41 Å². The van der Waals surface area contributed by atoms with Crippen LogP contribution in [0.15, 0.2) is 51.1 Å². The van der Waals surface area contributed by atoms with Crippen molar-refractivity contribution in [1.82, 2.24) is 0 Å². The summed E-state index contributed by atoms with van der Waals surface area (Å²) in [5, 5.41) is 12.5. The first-order valence-electron chi connectivity index (χ1n) is 5.67. The Morgan fingerprint density at radius 2 is 2.06 bits per heavy atom. The maximum atomic E-state index is 7.51. The van der Waals surface area contributed by atoms with Gasteiger partial charge < -0.3 is 10.6 Å².